The van der Waals surface area contributed by atoms with Crippen LogP contribution in [0.4, 0.5) is 0 Å². The first-order valence-electron chi connectivity index (χ1n) is 7.50. The first-order chi connectivity index (χ1) is 11.9. The maximum Gasteiger partial charge on any atom is 0.312 e. The van der Waals surface area contributed by atoms with Gasteiger partial charge in [-0.25, -0.2) is 0 Å². The maximum atomic E-state index is 12.9. The second-order valence-corrected chi connectivity index (χ2v) is 6.24. The van der Waals surface area contributed by atoms with Gasteiger partial charge < -0.3 is 13.6 Å². The normalized spacial score (nSPS) is 16.6. The van der Waals surface area contributed by atoms with Crippen molar-refractivity contribution in [2.24, 2.45) is 0 Å². The number of carbonyl (C=O) groups excluding carboxylic acids is 1. The summed E-state index contributed by atoms with van der Waals surface area (Å²) in [5.41, 5.74) is -0.215. The standard InChI is InChI=1S/C18H11ClO6/c1-8-4-13(20)18-17(24-8)10(6-15(21)25-18)12-7-23-14-3-2-9(19)5-11(14)16(12)22/h2-5,7,10H,6H2,1H3. The van der Waals surface area contributed by atoms with E-state index in [0.29, 0.717) is 21.8 Å². The lowest BCUT2D eigenvalue weighted by molar-refractivity contribution is -0.136. The van der Waals surface area contributed by atoms with E-state index in [2.05, 4.69) is 0 Å². The Kier molecular flexibility index (Phi) is 3.51. The van der Waals surface area contributed by atoms with Crippen molar-refractivity contribution in [3.8, 4) is 5.75 Å². The minimum absolute atomic E-state index is 0.129. The van der Waals surface area contributed by atoms with Crippen LogP contribution in [0.1, 0.15) is 29.4 Å². The molecule has 1 aromatic carbocycles. The minimum Gasteiger partial charge on any atom is -0.464 e. The van der Waals surface area contributed by atoms with Gasteiger partial charge in [-0.05, 0) is 25.1 Å². The van der Waals surface area contributed by atoms with Crippen molar-refractivity contribution >= 4 is 28.5 Å². The summed E-state index contributed by atoms with van der Waals surface area (Å²) in [7, 11) is 0. The Hall–Kier alpha value is -2.86. The number of aryl methyl sites for hydroxylation is 1. The minimum atomic E-state index is -0.761. The van der Waals surface area contributed by atoms with Gasteiger partial charge in [0.15, 0.2) is 11.2 Å². The van der Waals surface area contributed by atoms with Crippen LogP contribution in [0.3, 0.4) is 0 Å². The highest BCUT2D eigenvalue weighted by Gasteiger charge is 2.35. The topological polar surface area (TPSA) is 86.7 Å². The fourth-order valence-corrected chi connectivity index (χ4v) is 3.15. The predicted octanol–water partition coefficient (Wildman–Crippen LogP) is 3.15. The molecular formula is C18H11ClO6. The molecule has 1 aliphatic heterocycles. The van der Waals surface area contributed by atoms with Gasteiger partial charge in [-0.15, -0.1) is 0 Å². The molecule has 1 aliphatic rings. The Morgan fingerprint density at radius 1 is 1.16 bits per heavy atom. The van der Waals surface area contributed by atoms with Crippen LogP contribution in [0, 0.1) is 6.92 Å². The Morgan fingerprint density at radius 3 is 2.76 bits per heavy atom. The zero-order valence-corrected chi connectivity index (χ0v) is 13.8. The van der Waals surface area contributed by atoms with E-state index in [1.165, 1.54) is 18.4 Å². The molecule has 0 saturated carbocycles. The van der Waals surface area contributed by atoms with Crippen molar-refractivity contribution < 1.29 is 18.4 Å². The number of benzene rings is 1. The number of hydrogen-bond donors (Lipinski definition) is 0. The van der Waals surface area contributed by atoms with Crippen molar-refractivity contribution in [1.29, 1.82) is 0 Å². The van der Waals surface area contributed by atoms with Gasteiger partial charge >= 0.3 is 5.97 Å². The van der Waals surface area contributed by atoms with Crippen LogP contribution in [0.25, 0.3) is 11.0 Å². The fraction of sp³-hybridized carbons (Fsp3) is 0.167. The molecule has 0 bridgehead atoms. The monoisotopic (exact) mass is 358 g/mol. The molecule has 0 N–H and O–H groups in total. The molecule has 1 unspecified atom stereocenters. The van der Waals surface area contributed by atoms with Crippen LogP contribution in [0.2, 0.25) is 5.02 Å². The second kappa shape index (κ2) is 5.60. The largest absolute Gasteiger partial charge is 0.464 e. The van der Waals surface area contributed by atoms with Gasteiger partial charge in [-0.1, -0.05) is 11.6 Å². The van der Waals surface area contributed by atoms with E-state index in [0.717, 1.165) is 0 Å². The molecule has 6 nitrogen and oxygen atoms in total. The summed E-state index contributed by atoms with van der Waals surface area (Å²) in [5, 5.41) is 0.684. The molecule has 126 valence electrons. The van der Waals surface area contributed by atoms with E-state index in [4.69, 9.17) is 25.2 Å². The Bertz CT molecular complexity index is 1140. The molecule has 1 atom stereocenters. The summed E-state index contributed by atoms with van der Waals surface area (Å²) in [6, 6.07) is 5.94. The van der Waals surface area contributed by atoms with E-state index in [1.807, 2.05) is 0 Å². The smallest absolute Gasteiger partial charge is 0.312 e. The van der Waals surface area contributed by atoms with Crippen molar-refractivity contribution in [2.75, 3.05) is 0 Å². The third-order valence-electron chi connectivity index (χ3n) is 4.09. The van der Waals surface area contributed by atoms with Crippen LogP contribution in [-0.2, 0) is 4.79 Å². The summed E-state index contributed by atoms with van der Waals surface area (Å²) >= 11 is 5.96. The van der Waals surface area contributed by atoms with Gasteiger partial charge in [0.05, 0.1) is 24.0 Å². The van der Waals surface area contributed by atoms with Crippen molar-refractivity contribution in [3.63, 3.8) is 0 Å². The fourth-order valence-electron chi connectivity index (χ4n) is 2.98. The molecule has 7 heteroatoms. The number of carbonyl (C=O) groups is 1. The van der Waals surface area contributed by atoms with E-state index in [9.17, 15) is 14.4 Å². The number of rotatable bonds is 1. The van der Waals surface area contributed by atoms with Crippen LogP contribution in [0.15, 0.2) is 49.0 Å². The summed E-state index contributed by atoms with van der Waals surface area (Å²) in [6.07, 6.45) is 1.16. The quantitative estimate of drug-likeness (QED) is 0.621. The van der Waals surface area contributed by atoms with Gasteiger partial charge in [-0.2, -0.15) is 0 Å². The molecule has 0 aliphatic carbocycles. The van der Waals surface area contributed by atoms with Crippen LogP contribution in [0.5, 0.6) is 5.75 Å². The highest BCUT2D eigenvalue weighted by Crippen LogP contribution is 2.36. The third kappa shape index (κ3) is 2.55. The molecule has 2 aromatic heterocycles. The van der Waals surface area contributed by atoms with Gasteiger partial charge in [0.2, 0.25) is 11.2 Å². The highest BCUT2D eigenvalue weighted by molar-refractivity contribution is 6.31. The number of fused-ring (bicyclic) bond motifs is 2. The van der Waals surface area contributed by atoms with Crippen molar-refractivity contribution in [2.45, 2.75) is 19.3 Å². The molecule has 0 amide bonds. The number of hydrogen-bond acceptors (Lipinski definition) is 6. The molecular weight excluding hydrogens is 348 g/mol. The molecule has 0 radical (unpaired) electrons. The number of esters is 1. The van der Waals surface area contributed by atoms with Crippen molar-refractivity contribution in [3.05, 3.63) is 73.1 Å². The molecule has 25 heavy (non-hydrogen) atoms. The first-order valence-corrected chi connectivity index (χ1v) is 7.88. The van der Waals surface area contributed by atoms with Crippen LogP contribution < -0.4 is 15.6 Å². The SMILES string of the molecule is Cc1cc(=O)c2c(o1)C(c1coc3ccc(Cl)cc3c1=O)CC(=O)O2. The van der Waals surface area contributed by atoms with Crippen LogP contribution in [-0.4, -0.2) is 5.97 Å². The Morgan fingerprint density at radius 2 is 1.96 bits per heavy atom. The lowest BCUT2D eigenvalue weighted by atomic mass is 9.91. The summed E-state index contributed by atoms with van der Waals surface area (Å²) < 4.78 is 16.1. The van der Waals surface area contributed by atoms with E-state index in [1.54, 1.807) is 19.1 Å². The van der Waals surface area contributed by atoms with Crippen molar-refractivity contribution in [1.82, 2.24) is 0 Å². The average Bonchev–Trinajstić information content (AvgIpc) is 2.56. The van der Waals surface area contributed by atoms with Gasteiger partial charge in [0.25, 0.3) is 0 Å². The lowest BCUT2D eigenvalue weighted by Crippen LogP contribution is -2.28. The summed E-state index contributed by atoms with van der Waals surface area (Å²) in [5.74, 6) is -1.04. The van der Waals surface area contributed by atoms with E-state index in [-0.39, 0.29) is 28.9 Å². The molecule has 3 aromatic rings. The average molecular weight is 359 g/mol. The van der Waals surface area contributed by atoms with Gasteiger partial charge in [0.1, 0.15) is 11.3 Å². The highest BCUT2D eigenvalue weighted by atomic mass is 35.5. The number of halogens is 1. The maximum absolute atomic E-state index is 12.9. The summed E-state index contributed by atoms with van der Waals surface area (Å²) in [4.78, 5) is 36.9. The second-order valence-electron chi connectivity index (χ2n) is 5.81. The zero-order chi connectivity index (χ0) is 17.7. The molecule has 0 fully saturated rings. The molecule has 4 rings (SSSR count). The molecule has 0 saturated heterocycles. The summed E-state index contributed by atoms with van der Waals surface area (Å²) in [6.45, 7) is 1.61. The van der Waals surface area contributed by atoms with Crippen LogP contribution >= 0.6 is 11.6 Å². The molecule has 0 spiro atoms. The Balaban J connectivity index is 1.99. The Labute approximate surface area is 145 Å². The van der Waals surface area contributed by atoms with Gasteiger partial charge in [-0.3, -0.25) is 14.4 Å². The zero-order valence-electron chi connectivity index (χ0n) is 13.0. The third-order valence-corrected chi connectivity index (χ3v) is 4.33. The van der Waals surface area contributed by atoms with E-state index >= 15 is 0 Å². The van der Waals surface area contributed by atoms with E-state index < -0.39 is 17.3 Å². The van der Waals surface area contributed by atoms with Gasteiger partial charge in [0, 0.05) is 16.7 Å². The number of ether oxygens (including phenoxy) is 1. The first kappa shape index (κ1) is 15.7. The predicted molar refractivity (Wildman–Crippen MR) is 89.3 cm³/mol. The molecule has 3 heterocycles. The lowest BCUT2D eigenvalue weighted by Gasteiger charge is -2.22.